The monoisotopic (exact) mass is 559 g/mol. The maximum atomic E-state index is 11.5. The average Bonchev–Trinajstić information content (AvgIpc) is 2.79. The Bertz CT molecular complexity index is 1210. The summed E-state index contributed by atoms with van der Waals surface area (Å²) < 4.78 is 0.916. The van der Waals surface area contributed by atoms with Crippen molar-refractivity contribution in [3.05, 3.63) is 75.9 Å². The first-order valence-corrected chi connectivity index (χ1v) is 13.6. The highest BCUT2D eigenvalue weighted by Gasteiger charge is 2.29. The Kier molecular flexibility index (Phi) is 9.22. The summed E-state index contributed by atoms with van der Waals surface area (Å²) in [4.78, 5) is 27.2. The van der Waals surface area contributed by atoms with E-state index in [1.165, 1.54) is 23.5 Å². The smallest absolute Gasteiger partial charge is 0.309 e. The van der Waals surface area contributed by atoms with Gasteiger partial charge in [-0.25, -0.2) is 4.98 Å². The van der Waals surface area contributed by atoms with Crippen molar-refractivity contribution in [3.8, 4) is 0 Å². The van der Waals surface area contributed by atoms with Crippen LogP contribution in [0.5, 0.6) is 0 Å². The molecular formula is C26H26BrNO4S2. The molecule has 0 saturated carbocycles. The predicted molar refractivity (Wildman–Crippen MR) is 146 cm³/mol. The molecule has 0 amide bonds. The van der Waals surface area contributed by atoms with Gasteiger partial charge in [-0.1, -0.05) is 52.3 Å². The van der Waals surface area contributed by atoms with E-state index < -0.39 is 17.4 Å². The third-order valence-electron chi connectivity index (χ3n) is 5.06. The summed E-state index contributed by atoms with van der Waals surface area (Å²) in [6.07, 6.45) is 4.03. The molecule has 0 radical (unpaired) electrons. The van der Waals surface area contributed by atoms with Crippen LogP contribution in [0, 0.1) is 5.41 Å². The Hall–Kier alpha value is -2.29. The number of halogens is 1. The molecule has 5 nitrogen and oxygen atoms in total. The number of aromatic nitrogens is 1. The number of pyridine rings is 1. The number of rotatable bonds is 11. The van der Waals surface area contributed by atoms with Gasteiger partial charge in [0.1, 0.15) is 0 Å². The molecule has 0 saturated heterocycles. The molecule has 0 aliphatic rings. The van der Waals surface area contributed by atoms with Crippen molar-refractivity contribution < 1.29 is 19.8 Å². The van der Waals surface area contributed by atoms with Crippen molar-refractivity contribution in [3.63, 3.8) is 0 Å². The Balaban J connectivity index is 1.79. The lowest BCUT2D eigenvalue weighted by Crippen LogP contribution is -2.26. The zero-order chi connectivity index (χ0) is 24.7. The fourth-order valence-corrected chi connectivity index (χ4v) is 6.13. The van der Waals surface area contributed by atoms with Gasteiger partial charge in [0.25, 0.3) is 0 Å². The van der Waals surface area contributed by atoms with Crippen molar-refractivity contribution in [2.45, 2.75) is 24.9 Å². The van der Waals surface area contributed by atoms with Crippen LogP contribution in [0.1, 0.15) is 41.7 Å². The Morgan fingerprint density at radius 2 is 1.82 bits per heavy atom. The second-order valence-corrected chi connectivity index (χ2v) is 11.9. The summed E-state index contributed by atoms with van der Waals surface area (Å²) in [5.74, 6) is -0.810. The number of benzene rings is 2. The minimum Gasteiger partial charge on any atom is -0.481 e. The van der Waals surface area contributed by atoms with Gasteiger partial charge in [0.05, 0.1) is 27.6 Å². The van der Waals surface area contributed by atoms with E-state index in [4.69, 9.17) is 10.1 Å². The minimum absolute atomic E-state index is 0.0629. The number of carboxylic acids is 2. The van der Waals surface area contributed by atoms with Gasteiger partial charge in [0.2, 0.25) is 0 Å². The molecule has 3 rings (SSSR count). The maximum Gasteiger partial charge on any atom is 0.309 e. The fraction of sp³-hybridized carbons (Fsp3) is 0.269. The van der Waals surface area contributed by atoms with Gasteiger partial charge in [0, 0.05) is 21.4 Å². The molecule has 178 valence electrons. The predicted octanol–water partition coefficient (Wildman–Crippen LogP) is 7.22. The molecule has 0 bridgehead atoms. The Morgan fingerprint density at radius 3 is 2.56 bits per heavy atom. The summed E-state index contributed by atoms with van der Waals surface area (Å²) >= 11 is 6.55. The van der Waals surface area contributed by atoms with Gasteiger partial charge < -0.3 is 10.2 Å². The highest BCUT2D eigenvalue weighted by Crippen LogP contribution is 2.42. The van der Waals surface area contributed by atoms with Gasteiger partial charge in [-0.05, 0) is 55.3 Å². The minimum atomic E-state index is -0.871. The van der Waals surface area contributed by atoms with E-state index in [9.17, 15) is 14.7 Å². The molecule has 34 heavy (non-hydrogen) atoms. The first-order valence-electron chi connectivity index (χ1n) is 10.7. The fourth-order valence-electron chi connectivity index (χ4n) is 3.03. The highest BCUT2D eigenvalue weighted by atomic mass is 79.9. The summed E-state index contributed by atoms with van der Waals surface area (Å²) in [7, 11) is 0. The lowest BCUT2D eigenvalue weighted by Gasteiger charge is -2.23. The van der Waals surface area contributed by atoms with Crippen LogP contribution in [-0.4, -0.2) is 38.6 Å². The first kappa shape index (κ1) is 26.3. The van der Waals surface area contributed by atoms with Crippen LogP contribution in [0.25, 0.3) is 23.1 Å². The van der Waals surface area contributed by atoms with Gasteiger partial charge in [0.15, 0.2) is 0 Å². The third-order valence-corrected chi connectivity index (χ3v) is 8.85. The van der Waals surface area contributed by atoms with Crippen LogP contribution < -0.4 is 0 Å². The van der Waals surface area contributed by atoms with Crippen molar-refractivity contribution in [1.82, 2.24) is 4.98 Å². The van der Waals surface area contributed by atoms with E-state index in [0.29, 0.717) is 11.5 Å². The summed E-state index contributed by atoms with van der Waals surface area (Å²) in [6.45, 7) is 3.41. The standard InChI is InChI=1S/C26H26BrNO4S2/c1-26(2,25(31)32)16-34-24(33-13-12-23(29)30)19-5-3-4-17(14-19)6-10-21-11-8-18-7-9-20(27)15-22(18)28-21/h3-11,14-15,24H,12-13,16H2,1-2H3,(H,29,30)(H,31,32)/b10-6+. The number of aliphatic carboxylic acids is 2. The molecule has 2 aromatic carbocycles. The number of hydrogen-bond acceptors (Lipinski definition) is 5. The molecular weight excluding hydrogens is 534 g/mol. The van der Waals surface area contributed by atoms with Crippen molar-refractivity contribution >= 4 is 74.4 Å². The Morgan fingerprint density at radius 1 is 1.06 bits per heavy atom. The second kappa shape index (κ2) is 11.9. The largest absolute Gasteiger partial charge is 0.481 e. The zero-order valence-corrected chi connectivity index (χ0v) is 22.1. The van der Waals surface area contributed by atoms with Crippen molar-refractivity contribution in [2.75, 3.05) is 11.5 Å². The third kappa shape index (κ3) is 7.61. The van der Waals surface area contributed by atoms with Crippen LogP contribution in [0.15, 0.2) is 59.1 Å². The molecule has 1 atom stereocenters. The molecule has 1 unspecified atom stereocenters. The molecule has 0 spiro atoms. The van der Waals surface area contributed by atoms with E-state index in [-0.39, 0.29) is 11.0 Å². The van der Waals surface area contributed by atoms with Gasteiger partial charge in [-0.2, -0.15) is 0 Å². The molecule has 1 heterocycles. The average molecular weight is 561 g/mol. The van der Waals surface area contributed by atoms with Crippen LogP contribution in [0.2, 0.25) is 0 Å². The number of carbonyl (C=O) groups is 2. The second-order valence-electron chi connectivity index (χ2n) is 8.42. The normalized spacial score (nSPS) is 12.8. The first-order chi connectivity index (χ1) is 16.1. The molecule has 2 N–H and O–H groups in total. The van der Waals surface area contributed by atoms with Gasteiger partial charge in [-0.15, -0.1) is 23.5 Å². The number of thioether (sulfide) groups is 2. The topological polar surface area (TPSA) is 87.5 Å². The van der Waals surface area contributed by atoms with E-state index in [0.717, 1.165) is 32.2 Å². The van der Waals surface area contributed by atoms with E-state index in [1.54, 1.807) is 13.8 Å². The number of nitrogens with zero attached hydrogens (tertiary/aromatic N) is 1. The summed E-state index contributed by atoms with van der Waals surface area (Å²) in [6, 6.07) is 18.1. The molecule has 8 heteroatoms. The summed E-state index contributed by atoms with van der Waals surface area (Å²) in [5, 5.41) is 19.6. The van der Waals surface area contributed by atoms with Gasteiger partial charge in [-0.3, -0.25) is 9.59 Å². The highest BCUT2D eigenvalue weighted by molar-refractivity contribution is 9.10. The maximum absolute atomic E-state index is 11.5. The van der Waals surface area contributed by atoms with Crippen molar-refractivity contribution in [2.24, 2.45) is 5.41 Å². The number of carboxylic acid groups (broad SMARTS) is 2. The molecule has 0 aliphatic carbocycles. The van der Waals surface area contributed by atoms with Crippen LogP contribution in [0.3, 0.4) is 0 Å². The van der Waals surface area contributed by atoms with Crippen LogP contribution in [0.4, 0.5) is 0 Å². The van der Waals surface area contributed by atoms with Crippen LogP contribution >= 0.6 is 39.5 Å². The summed E-state index contributed by atoms with van der Waals surface area (Å²) in [5.41, 5.74) is 2.91. The molecule has 0 fully saturated rings. The number of fused-ring (bicyclic) bond motifs is 1. The van der Waals surface area contributed by atoms with Gasteiger partial charge >= 0.3 is 11.9 Å². The zero-order valence-electron chi connectivity index (χ0n) is 18.9. The van der Waals surface area contributed by atoms with E-state index in [2.05, 4.69) is 22.0 Å². The molecule has 3 aromatic rings. The lowest BCUT2D eigenvalue weighted by molar-refractivity contribution is -0.145. The van der Waals surface area contributed by atoms with E-state index in [1.807, 2.05) is 60.7 Å². The quantitative estimate of drug-likeness (QED) is 0.240. The van der Waals surface area contributed by atoms with Crippen molar-refractivity contribution in [1.29, 1.82) is 0 Å². The molecule has 0 aliphatic heterocycles. The lowest BCUT2D eigenvalue weighted by atomic mass is 9.97. The molecule has 1 aromatic heterocycles. The van der Waals surface area contributed by atoms with E-state index >= 15 is 0 Å². The number of hydrogen-bond donors (Lipinski definition) is 2. The SMILES string of the molecule is CC(C)(CSC(SCCC(=O)O)c1cccc(/C=C/c2ccc3ccc(Br)cc3n2)c1)C(=O)O. The Labute approximate surface area is 216 Å². The van der Waals surface area contributed by atoms with Crippen LogP contribution in [-0.2, 0) is 9.59 Å².